The summed E-state index contributed by atoms with van der Waals surface area (Å²) in [5.74, 6) is 0.0158. The molecule has 1 aliphatic rings. The van der Waals surface area contributed by atoms with Crippen molar-refractivity contribution >= 4 is 50.5 Å². The van der Waals surface area contributed by atoms with Gasteiger partial charge in [-0.3, -0.25) is 13.9 Å². The molecule has 1 N–H and O–H groups in total. The molecule has 188 valence electrons. The van der Waals surface area contributed by atoms with Crippen LogP contribution >= 0.6 is 11.6 Å². The van der Waals surface area contributed by atoms with Gasteiger partial charge in [-0.15, -0.1) is 0 Å². The number of rotatable bonds is 8. The lowest BCUT2D eigenvalue weighted by Crippen LogP contribution is -2.38. The zero-order valence-corrected chi connectivity index (χ0v) is 21.5. The summed E-state index contributed by atoms with van der Waals surface area (Å²) in [4.78, 5) is 27.0. The topological polar surface area (TPSA) is 96.0 Å². The Balaban J connectivity index is 1.61. The number of ether oxygens (including phenoxy) is 1. The van der Waals surface area contributed by atoms with Crippen LogP contribution in [0.3, 0.4) is 0 Å². The van der Waals surface area contributed by atoms with Crippen molar-refractivity contribution in [1.82, 2.24) is 0 Å². The maximum atomic E-state index is 13.5. The molecule has 1 aliphatic heterocycles. The van der Waals surface area contributed by atoms with E-state index in [0.29, 0.717) is 29.4 Å². The smallest absolute Gasteiger partial charge is 0.264 e. The normalized spacial score (nSPS) is 13.5. The van der Waals surface area contributed by atoms with E-state index in [1.807, 2.05) is 13.0 Å². The van der Waals surface area contributed by atoms with Crippen molar-refractivity contribution in [3.63, 3.8) is 0 Å². The van der Waals surface area contributed by atoms with Gasteiger partial charge < -0.3 is 15.0 Å². The third kappa shape index (κ3) is 5.47. The minimum absolute atomic E-state index is 0.0104. The second-order valence-electron chi connectivity index (χ2n) is 8.36. The van der Waals surface area contributed by atoms with E-state index in [9.17, 15) is 18.0 Å². The molecule has 36 heavy (non-hydrogen) atoms. The maximum Gasteiger partial charge on any atom is 0.264 e. The van der Waals surface area contributed by atoms with Crippen molar-refractivity contribution in [3.8, 4) is 5.75 Å². The number of anilines is 3. The molecule has 1 heterocycles. The zero-order valence-electron chi connectivity index (χ0n) is 19.9. The van der Waals surface area contributed by atoms with Crippen LogP contribution in [0.15, 0.2) is 71.6 Å². The fourth-order valence-electron chi connectivity index (χ4n) is 4.01. The van der Waals surface area contributed by atoms with Crippen LogP contribution in [-0.4, -0.2) is 40.4 Å². The molecule has 8 nitrogen and oxygen atoms in total. The highest BCUT2D eigenvalue weighted by Gasteiger charge is 2.28. The summed E-state index contributed by atoms with van der Waals surface area (Å²) < 4.78 is 33.2. The first kappa shape index (κ1) is 25.5. The minimum Gasteiger partial charge on any atom is -0.497 e. The number of hydrogen-bond donors (Lipinski definition) is 1. The van der Waals surface area contributed by atoms with E-state index in [4.69, 9.17) is 16.3 Å². The summed E-state index contributed by atoms with van der Waals surface area (Å²) in [5.41, 5.74) is 2.40. The van der Waals surface area contributed by atoms with Crippen molar-refractivity contribution in [2.24, 2.45) is 0 Å². The van der Waals surface area contributed by atoms with E-state index in [1.54, 1.807) is 53.4 Å². The van der Waals surface area contributed by atoms with Gasteiger partial charge in [-0.2, -0.15) is 0 Å². The summed E-state index contributed by atoms with van der Waals surface area (Å²) >= 11 is 6.00. The Labute approximate surface area is 215 Å². The highest BCUT2D eigenvalue weighted by molar-refractivity contribution is 7.92. The van der Waals surface area contributed by atoms with E-state index in [0.717, 1.165) is 22.0 Å². The van der Waals surface area contributed by atoms with E-state index in [1.165, 1.54) is 19.2 Å². The summed E-state index contributed by atoms with van der Waals surface area (Å²) in [6.45, 7) is 2.06. The molecule has 1 fully saturated rings. The number of carbonyl (C=O) groups excluding carboxylic acids is 2. The molecular weight excluding hydrogens is 502 g/mol. The van der Waals surface area contributed by atoms with Crippen molar-refractivity contribution in [2.75, 3.05) is 34.7 Å². The van der Waals surface area contributed by atoms with Crippen molar-refractivity contribution in [3.05, 3.63) is 77.3 Å². The minimum atomic E-state index is -4.09. The standard InChI is InChI=1S/C26H26ClN3O5S/c1-18-5-8-20(16-24(18)29-15-3-4-26(29)32)28-25(31)17-30(21-9-6-19(27)7-10-21)36(33,34)23-13-11-22(35-2)12-14-23/h5-14,16H,3-4,15,17H2,1-2H3,(H,28,31). The molecule has 0 saturated carbocycles. The van der Waals surface area contributed by atoms with Gasteiger partial charge in [0.2, 0.25) is 11.8 Å². The van der Waals surface area contributed by atoms with Gasteiger partial charge in [-0.25, -0.2) is 8.42 Å². The summed E-state index contributed by atoms with van der Waals surface area (Å²) in [6, 6.07) is 17.4. The molecule has 3 aromatic rings. The lowest BCUT2D eigenvalue weighted by atomic mass is 10.1. The molecule has 0 aliphatic carbocycles. The first-order valence-electron chi connectivity index (χ1n) is 11.3. The van der Waals surface area contributed by atoms with Crippen LogP contribution in [0.1, 0.15) is 18.4 Å². The van der Waals surface area contributed by atoms with Gasteiger partial charge in [0.15, 0.2) is 0 Å². The number of benzene rings is 3. The van der Waals surface area contributed by atoms with Gasteiger partial charge in [-0.1, -0.05) is 17.7 Å². The van der Waals surface area contributed by atoms with Crippen LogP contribution in [0.4, 0.5) is 17.1 Å². The fraction of sp³-hybridized carbons (Fsp3) is 0.231. The van der Waals surface area contributed by atoms with Crippen LogP contribution in [0.25, 0.3) is 0 Å². The molecule has 1 saturated heterocycles. The lowest BCUT2D eigenvalue weighted by molar-refractivity contribution is -0.117. The van der Waals surface area contributed by atoms with Gasteiger partial charge in [0.25, 0.3) is 10.0 Å². The number of carbonyl (C=O) groups is 2. The molecule has 0 radical (unpaired) electrons. The van der Waals surface area contributed by atoms with Gasteiger partial charge >= 0.3 is 0 Å². The predicted molar refractivity (Wildman–Crippen MR) is 140 cm³/mol. The Morgan fingerprint density at radius 2 is 1.78 bits per heavy atom. The van der Waals surface area contributed by atoms with Gasteiger partial charge in [0.1, 0.15) is 12.3 Å². The molecule has 10 heteroatoms. The molecule has 3 aromatic carbocycles. The number of nitrogens with one attached hydrogen (secondary N) is 1. The molecule has 0 aromatic heterocycles. The highest BCUT2D eigenvalue weighted by Crippen LogP contribution is 2.29. The second kappa shape index (κ2) is 10.6. The Morgan fingerprint density at radius 1 is 1.08 bits per heavy atom. The number of sulfonamides is 1. The Morgan fingerprint density at radius 3 is 2.39 bits per heavy atom. The van der Waals surface area contributed by atoms with Crippen molar-refractivity contribution < 1.29 is 22.7 Å². The number of aryl methyl sites for hydroxylation is 1. The van der Waals surface area contributed by atoms with Crippen molar-refractivity contribution in [2.45, 2.75) is 24.7 Å². The molecular formula is C26H26ClN3O5S. The number of halogens is 1. The van der Waals surface area contributed by atoms with Gasteiger partial charge in [0.05, 0.1) is 17.7 Å². The molecule has 0 atom stereocenters. The molecule has 4 rings (SSSR count). The number of hydrogen-bond acceptors (Lipinski definition) is 5. The summed E-state index contributed by atoms with van der Waals surface area (Å²) in [7, 11) is -2.60. The number of nitrogens with zero attached hydrogens (tertiary/aromatic N) is 2. The van der Waals surface area contributed by atoms with Crippen LogP contribution < -0.4 is 19.3 Å². The summed E-state index contributed by atoms with van der Waals surface area (Å²) in [5, 5.41) is 3.21. The monoisotopic (exact) mass is 527 g/mol. The largest absolute Gasteiger partial charge is 0.497 e. The first-order chi connectivity index (χ1) is 17.2. The van der Waals surface area contributed by atoms with Gasteiger partial charge in [0, 0.05) is 29.4 Å². The Bertz CT molecular complexity index is 1380. The van der Waals surface area contributed by atoms with Crippen LogP contribution in [-0.2, 0) is 19.6 Å². The fourth-order valence-corrected chi connectivity index (χ4v) is 5.56. The Kier molecular flexibility index (Phi) is 7.51. The molecule has 2 amide bonds. The van der Waals surface area contributed by atoms with E-state index in [2.05, 4.69) is 5.32 Å². The van der Waals surface area contributed by atoms with E-state index >= 15 is 0 Å². The predicted octanol–water partition coefficient (Wildman–Crippen LogP) is 4.62. The first-order valence-corrected chi connectivity index (χ1v) is 13.1. The van der Waals surface area contributed by atoms with Crippen LogP contribution in [0.2, 0.25) is 5.02 Å². The van der Waals surface area contributed by atoms with Gasteiger partial charge in [-0.05, 0) is 79.6 Å². The quantitative estimate of drug-likeness (QED) is 0.461. The molecule has 0 spiro atoms. The maximum absolute atomic E-state index is 13.5. The summed E-state index contributed by atoms with van der Waals surface area (Å²) in [6.07, 6.45) is 1.28. The number of methoxy groups -OCH3 is 1. The van der Waals surface area contributed by atoms with Crippen LogP contribution in [0.5, 0.6) is 5.75 Å². The average Bonchev–Trinajstić information content (AvgIpc) is 3.30. The highest BCUT2D eigenvalue weighted by atomic mass is 35.5. The second-order valence-corrected chi connectivity index (χ2v) is 10.7. The third-order valence-electron chi connectivity index (χ3n) is 5.91. The number of amides is 2. The van der Waals surface area contributed by atoms with Crippen LogP contribution in [0, 0.1) is 6.92 Å². The lowest BCUT2D eigenvalue weighted by Gasteiger charge is -2.24. The molecule has 0 bridgehead atoms. The van der Waals surface area contributed by atoms with E-state index < -0.39 is 22.5 Å². The van der Waals surface area contributed by atoms with E-state index in [-0.39, 0.29) is 16.5 Å². The van der Waals surface area contributed by atoms with Crippen molar-refractivity contribution in [1.29, 1.82) is 0 Å². The Hall–Kier alpha value is -3.56. The third-order valence-corrected chi connectivity index (χ3v) is 7.95. The zero-order chi connectivity index (χ0) is 25.9. The average molecular weight is 528 g/mol. The molecule has 0 unspecified atom stereocenters. The SMILES string of the molecule is COc1ccc(S(=O)(=O)N(CC(=O)Nc2ccc(C)c(N3CCCC3=O)c2)c2ccc(Cl)cc2)cc1.